The largest absolute Gasteiger partial charge is 0.593 e. The molecular weight excluding hydrogens is 1580 g/mol. The van der Waals surface area contributed by atoms with Gasteiger partial charge >= 0.3 is 14.8 Å². The first-order valence-electron chi connectivity index (χ1n) is 18.0. The molecule has 0 aliphatic heterocycles. The standard InChI is InChI=1S/C24H12.C14H12.C12H9B2O4.10Y/c1-2-10-18-17(9-1)19-11-3-4-13-21(19)23-15-7-8-16-24(23)22-14-6-5-12-20(18)22;1-11-7-3-5-9-13(11)14-10-6-4-8-12(14)2;15-13-18-12-8-4-2-6-10(12)9-5-1-3-7-11(9)14(16)17;;;;;;;;;;/h1-9,11,14,16H;3-8H,1-2H3;1-4,7-8,15-17H;;;;;;;;;;/q-4;2*-2;;;;;;;;;;. The molecule has 0 saturated carbocycles. The molecule has 11 radical (unpaired) electrons. The van der Waals surface area contributed by atoms with Crippen molar-refractivity contribution >= 4 is 20.3 Å². The minimum atomic E-state index is -1.61. The summed E-state index contributed by atoms with van der Waals surface area (Å²) >= 11 is 0. The van der Waals surface area contributed by atoms with E-state index in [4.69, 9.17) is 9.68 Å². The van der Waals surface area contributed by atoms with Crippen LogP contribution in [-0.2, 0) is 327 Å². The first kappa shape index (κ1) is 77.1. The zero-order chi connectivity index (χ0) is 38.9. The molecule has 0 amide bonds. The van der Waals surface area contributed by atoms with Crippen LogP contribution in [0.25, 0.3) is 66.8 Å². The van der Waals surface area contributed by atoms with Crippen molar-refractivity contribution in [2.24, 2.45) is 0 Å². The van der Waals surface area contributed by atoms with E-state index in [1.54, 1.807) is 36.4 Å². The van der Waals surface area contributed by atoms with Crippen molar-refractivity contribution in [3.05, 3.63) is 205 Å². The predicted octanol–water partition coefficient (Wildman–Crippen LogP) is 8.95. The second kappa shape index (κ2) is 40.8. The maximum atomic E-state index is 9.31. The van der Waals surface area contributed by atoms with Crippen molar-refractivity contribution in [2.75, 3.05) is 0 Å². The van der Waals surface area contributed by atoms with Gasteiger partial charge in [-0.3, -0.25) is 0 Å². The molecule has 16 heteroatoms. The van der Waals surface area contributed by atoms with Crippen LogP contribution in [0, 0.1) is 62.4 Å². The first-order valence-corrected chi connectivity index (χ1v) is 18.0. The van der Waals surface area contributed by atoms with Gasteiger partial charge in [-0.15, -0.1) is 60.1 Å². The van der Waals surface area contributed by atoms with Crippen molar-refractivity contribution in [3.63, 3.8) is 0 Å². The number of hydrogen-bond acceptors (Lipinski definition) is 4. The van der Waals surface area contributed by atoms with Crippen LogP contribution in [0.3, 0.4) is 0 Å². The summed E-state index contributed by atoms with van der Waals surface area (Å²) in [6, 6.07) is 72.7. The summed E-state index contributed by atoms with van der Waals surface area (Å²) in [6.45, 7) is 4.21. The summed E-state index contributed by atoms with van der Waals surface area (Å²) in [5, 5.41) is 27.3. The average molecular weight is 1610 g/mol. The van der Waals surface area contributed by atoms with Gasteiger partial charge in [0.2, 0.25) is 0 Å². The maximum absolute atomic E-state index is 9.31. The number of aryl methyl sites for hydroxylation is 2. The Morgan fingerprint density at radius 1 is 0.364 bits per heavy atom. The SMILES string of the molecule is Cc1ccc[c-]c1-c1[c-]cccc1C.O[B]Oc1ccc[c-]c1-c1[c-]cccc1B(O)O.[Y].[Y].[Y].[Y].[Y].[Y].[Y].[Y].[Y].[Y].[c-]1cccc2c1-c1[c-]cccc1-c1ccc[c-]c1-c1[c-]cccc1-2. The fourth-order valence-electron chi connectivity index (χ4n) is 6.71. The normalized spacial score (nSPS) is 8.98. The van der Waals surface area contributed by atoms with E-state index in [1.807, 2.05) is 72.8 Å². The molecule has 3 N–H and O–H groups in total. The van der Waals surface area contributed by atoms with E-state index < -0.39 is 7.12 Å². The maximum Gasteiger partial charge on any atom is 0.558 e. The molecule has 0 saturated heterocycles. The Bertz CT molecular complexity index is 2290. The molecule has 0 heterocycles. The fraction of sp³-hybridized carbons (Fsp3) is 0.0400. The summed E-state index contributed by atoms with van der Waals surface area (Å²) in [5.41, 5.74) is 15.1. The molecule has 8 aromatic rings. The van der Waals surface area contributed by atoms with Crippen molar-refractivity contribution in [3.8, 4) is 72.5 Å². The monoisotopic (exact) mass is 1610 g/mol. The van der Waals surface area contributed by atoms with Crippen LogP contribution in [0.4, 0.5) is 0 Å². The Balaban J connectivity index is -0.000000419. The molecule has 0 fully saturated rings. The molecule has 1 aliphatic rings. The molecular formula is C50H33B2O4Y10-8. The Kier molecular flexibility index (Phi) is 47.7. The smallest absolute Gasteiger partial charge is 0.558 e. The van der Waals surface area contributed by atoms with E-state index in [0.717, 1.165) is 55.6 Å². The molecule has 0 bridgehead atoms. The van der Waals surface area contributed by atoms with Crippen molar-refractivity contribution in [2.45, 2.75) is 13.8 Å². The van der Waals surface area contributed by atoms with Gasteiger partial charge in [0.25, 0.3) is 0 Å². The van der Waals surface area contributed by atoms with Gasteiger partial charge in [0, 0.05) is 327 Å². The Morgan fingerprint density at radius 2 is 0.636 bits per heavy atom. The molecule has 8 aromatic carbocycles. The zero-order valence-electron chi connectivity index (χ0n) is 36.5. The number of hydrogen-bond donors (Lipinski definition) is 3. The molecule has 0 atom stereocenters. The zero-order valence-corrected chi connectivity index (χ0v) is 64.9. The minimum Gasteiger partial charge on any atom is -0.593 e. The van der Waals surface area contributed by atoms with Gasteiger partial charge < -0.3 is 19.7 Å². The van der Waals surface area contributed by atoms with Gasteiger partial charge in [0.15, 0.2) is 0 Å². The molecule has 4 nitrogen and oxygen atoms in total. The van der Waals surface area contributed by atoms with Crippen LogP contribution in [0.1, 0.15) is 11.1 Å². The molecule has 0 spiro atoms. The second-order valence-corrected chi connectivity index (χ2v) is 12.8. The van der Waals surface area contributed by atoms with Crippen molar-refractivity contribution in [1.82, 2.24) is 0 Å². The quantitative estimate of drug-likeness (QED) is 0.119. The Hall–Kier alpha value is 4.61. The van der Waals surface area contributed by atoms with E-state index in [2.05, 4.69) is 98.8 Å². The predicted molar refractivity (Wildman–Crippen MR) is 224 cm³/mol. The third kappa shape index (κ3) is 20.5. The summed E-state index contributed by atoms with van der Waals surface area (Å²) < 4.78 is 4.94. The van der Waals surface area contributed by atoms with Crippen LogP contribution in [0.15, 0.2) is 146 Å². The second-order valence-electron chi connectivity index (χ2n) is 12.8. The summed E-state index contributed by atoms with van der Waals surface area (Å²) in [7, 11) is -1.05. The van der Waals surface area contributed by atoms with Crippen LogP contribution in [0.5, 0.6) is 5.75 Å². The number of rotatable bonds is 5. The third-order valence-corrected chi connectivity index (χ3v) is 9.30. The topological polar surface area (TPSA) is 69.9 Å². The van der Waals surface area contributed by atoms with Crippen LogP contribution < -0.4 is 10.1 Å². The molecule has 9 rings (SSSR count). The van der Waals surface area contributed by atoms with Crippen molar-refractivity contribution in [1.29, 1.82) is 0 Å². The molecule has 301 valence electrons. The van der Waals surface area contributed by atoms with Gasteiger partial charge in [-0.1, -0.05) is 13.8 Å². The average Bonchev–Trinajstić information content (AvgIpc) is 3.24. The summed E-state index contributed by atoms with van der Waals surface area (Å²) in [5.74, 6) is 0.351. The summed E-state index contributed by atoms with van der Waals surface area (Å²) in [6.07, 6.45) is 0. The first-order chi connectivity index (χ1) is 27.5. The van der Waals surface area contributed by atoms with E-state index in [1.165, 1.54) is 11.1 Å². The van der Waals surface area contributed by atoms with E-state index in [-0.39, 0.29) is 327 Å². The number of benzene rings is 8. The fourth-order valence-corrected chi connectivity index (χ4v) is 6.71. The molecule has 66 heavy (non-hydrogen) atoms. The molecule has 1 aliphatic carbocycles. The summed E-state index contributed by atoms with van der Waals surface area (Å²) in [4.78, 5) is 0. The Morgan fingerprint density at radius 3 is 0.955 bits per heavy atom. The molecule has 0 aromatic heterocycles. The van der Waals surface area contributed by atoms with E-state index >= 15 is 0 Å². The van der Waals surface area contributed by atoms with E-state index in [0.29, 0.717) is 30.0 Å². The van der Waals surface area contributed by atoms with Crippen LogP contribution in [0.2, 0.25) is 0 Å². The van der Waals surface area contributed by atoms with E-state index in [9.17, 15) is 10.0 Å². The van der Waals surface area contributed by atoms with Gasteiger partial charge in [-0.25, -0.2) is 38.9 Å². The minimum absolute atomic E-state index is 0. The van der Waals surface area contributed by atoms with Crippen LogP contribution in [-0.4, -0.2) is 29.9 Å². The Labute approximate surface area is 644 Å². The third-order valence-electron chi connectivity index (χ3n) is 9.30. The molecule has 0 unspecified atom stereocenters. The van der Waals surface area contributed by atoms with Gasteiger partial charge in [-0.05, 0) is 5.75 Å². The van der Waals surface area contributed by atoms with Gasteiger partial charge in [0.1, 0.15) is 0 Å². The van der Waals surface area contributed by atoms with Gasteiger partial charge in [-0.2, -0.15) is 178 Å². The number of fused-ring (bicyclic) bond motifs is 8. The van der Waals surface area contributed by atoms with Gasteiger partial charge in [0.05, 0.1) is 0 Å². The van der Waals surface area contributed by atoms with Crippen LogP contribution >= 0.6 is 0 Å². The van der Waals surface area contributed by atoms with Crippen molar-refractivity contribution < 1.29 is 347 Å².